The minimum absolute atomic E-state index is 0.355. The largest absolute Gasteiger partial charge is 0.420 e. The molecule has 0 fully saturated rings. The smallest absolute Gasteiger partial charge is 0.177 e. The van der Waals surface area contributed by atoms with Crippen LogP contribution in [0.15, 0.2) is 0 Å². The summed E-state index contributed by atoms with van der Waals surface area (Å²) in [6.07, 6.45) is 0. The van der Waals surface area contributed by atoms with Crippen molar-refractivity contribution >= 4 is 16.1 Å². The molecule has 0 aliphatic carbocycles. The van der Waals surface area contributed by atoms with Crippen molar-refractivity contribution in [2.75, 3.05) is 6.61 Å². The predicted octanol–water partition coefficient (Wildman–Crippen LogP) is 7.46. The van der Waals surface area contributed by atoms with E-state index in [4.69, 9.17) is 4.43 Å². The Kier molecular flexibility index (Phi) is 8.74. The van der Waals surface area contributed by atoms with E-state index < -0.39 is 16.1 Å². The van der Waals surface area contributed by atoms with Gasteiger partial charge in [-0.1, -0.05) is 95.2 Å². The summed E-state index contributed by atoms with van der Waals surface area (Å²) in [6.45, 7) is 32.3. The highest BCUT2D eigenvalue weighted by molar-refractivity contribution is 7.30. The highest BCUT2D eigenvalue weighted by Crippen LogP contribution is 2.44. The highest BCUT2D eigenvalue weighted by atomic mass is 29.2. The van der Waals surface area contributed by atoms with Gasteiger partial charge in [0.1, 0.15) is 0 Å². The molecule has 0 N–H and O–H groups in total. The maximum Gasteiger partial charge on any atom is 0.177 e. The topological polar surface area (TPSA) is 9.23 Å². The van der Waals surface area contributed by atoms with Crippen LogP contribution in [0.25, 0.3) is 0 Å². The standard InChI is InChI=1S/C22H50OSi2/c1-14-23-25(17-21(8,9)10,18-22(11,12)13)24(15-19(2,3)4)16-20(5,6)7/h24H,14-18H2,1-13H3. The maximum absolute atomic E-state index is 6.94. The molecule has 0 amide bonds. The van der Waals surface area contributed by atoms with Crippen LogP contribution in [0.3, 0.4) is 0 Å². The lowest BCUT2D eigenvalue weighted by Gasteiger charge is -2.48. The molecule has 0 saturated carbocycles. The normalized spacial score (nSPS) is 15.1. The van der Waals surface area contributed by atoms with Gasteiger partial charge in [0.25, 0.3) is 0 Å². The van der Waals surface area contributed by atoms with Crippen LogP contribution in [-0.2, 0) is 4.43 Å². The van der Waals surface area contributed by atoms with Crippen LogP contribution in [-0.4, -0.2) is 22.8 Å². The molecule has 25 heavy (non-hydrogen) atoms. The second-order valence-corrected chi connectivity index (χ2v) is 24.1. The first-order valence-electron chi connectivity index (χ1n) is 10.4. The van der Waals surface area contributed by atoms with E-state index in [1.165, 1.54) is 24.2 Å². The van der Waals surface area contributed by atoms with E-state index in [-0.39, 0.29) is 0 Å². The predicted molar refractivity (Wildman–Crippen MR) is 122 cm³/mol. The summed E-state index contributed by atoms with van der Waals surface area (Å²) in [5.41, 5.74) is 1.53. The van der Waals surface area contributed by atoms with Crippen molar-refractivity contribution in [1.82, 2.24) is 0 Å². The molecule has 0 aromatic heterocycles. The quantitative estimate of drug-likeness (QED) is 0.412. The molecule has 1 nitrogen and oxygen atoms in total. The third-order valence-electron chi connectivity index (χ3n) is 4.55. The van der Waals surface area contributed by atoms with Gasteiger partial charge in [-0.05, 0) is 40.7 Å². The lowest BCUT2D eigenvalue weighted by Crippen LogP contribution is -2.59. The summed E-state index contributed by atoms with van der Waals surface area (Å²) in [5, 5.41) is 0. The summed E-state index contributed by atoms with van der Waals surface area (Å²) < 4.78 is 6.94. The first-order valence-corrected chi connectivity index (χ1v) is 16.2. The van der Waals surface area contributed by atoms with Crippen molar-refractivity contribution in [3.63, 3.8) is 0 Å². The van der Waals surface area contributed by atoms with Crippen molar-refractivity contribution in [3.8, 4) is 0 Å². The minimum atomic E-state index is -1.78. The Hall–Kier alpha value is 0.394. The zero-order valence-electron chi connectivity index (χ0n) is 20.0. The molecule has 0 aliphatic heterocycles. The Morgan fingerprint density at radius 1 is 0.600 bits per heavy atom. The molecule has 0 atom stereocenters. The average molecular weight is 387 g/mol. The summed E-state index contributed by atoms with van der Waals surface area (Å²) in [4.78, 5) is 0. The highest BCUT2D eigenvalue weighted by Gasteiger charge is 2.50. The fourth-order valence-corrected chi connectivity index (χ4v) is 26.2. The molecule has 0 aromatic carbocycles. The molecule has 0 rings (SSSR count). The number of rotatable bonds is 7. The molecule has 0 unspecified atom stereocenters. The van der Waals surface area contributed by atoms with Gasteiger partial charge in [0.05, 0.1) is 8.31 Å². The Bertz CT molecular complexity index is 356. The fraction of sp³-hybridized carbons (Fsp3) is 1.00. The van der Waals surface area contributed by atoms with Crippen LogP contribution >= 0.6 is 0 Å². The van der Waals surface area contributed by atoms with E-state index in [1.807, 2.05) is 0 Å². The molecular weight excluding hydrogens is 336 g/mol. The molecule has 0 aliphatic rings. The Morgan fingerprint density at radius 2 is 0.920 bits per heavy atom. The molecule has 0 saturated heterocycles. The van der Waals surface area contributed by atoms with Crippen LogP contribution in [0.2, 0.25) is 24.2 Å². The molecule has 3 heteroatoms. The summed E-state index contributed by atoms with van der Waals surface area (Å²) in [7, 11) is -2.81. The lowest BCUT2D eigenvalue weighted by atomic mass is 10.00. The van der Waals surface area contributed by atoms with Gasteiger partial charge in [-0.3, -0.25) is 0 Å². The van der Waals surface area contributed by atoms with Gasteiger partial charge in [-0.25, -0.2) is 0 Å². The Balaban J connectivity index is 6.16. The van der Waals surface area contributed by atoms with E-state index in [2.05, 4.69) is 90.0 Å². The summed E-state index contributed by atoms with van der Waals surface area (Å²) in [5.74, 6) is 0. The van der Waals surface area contributed by atoms with Gasteiger partial charge in [-0.15, -0.1) is 0 Å². The van der Waals surface area contributed by atoms with E-state index in [9.17, 15) is 0 Å². The average Bonchev–Trinajstić information content (AvgIpc) is 2.18. The Labute approximate surface area is 163 Å². The molecule has 0 spiro atoms. The Morgan fingerprint density at radius 3 is 1.12 bits per heavy atom. The molecular formula is C22H50OSi2. The van der Waals surface area contributed by atoms with Crippen molar-refractivity contribution in [3.05, 3.63) is 0 Å². The molecule has 0 heterocycles. The molecule has 0 radical (unpaired) electrons. The van der Waals surface area contributed by atoms with Gasteiger partial charge in [0.15, 0.2) is 7.83 Å². The monoisotopic (exact) mass is 386 g/mol. The van der Waals surface area contributed by atoms with Crippen LogP contribution in [0.5, 0.6) is 0 Å². The third kappa shape index (κ3) is 11.7. The first kappa shape index (κ1) is 25.4. The van der Waals surface area contributed by atoms with Crippen LogP contribution in [0.4, 0.5) is 0 Å². The second-order valence-electron chi connectivity index (χ2n) is 13.2. The van der Waals surface area contributed by atoms with E-state index in [1.54, 1.807) is 0 Å². The SMILES string of the molecule is CCO[Si](CC(C)(C)C)(CC(C)(C)C)[SiH](CC(C)(C)C)CC(C)(C)C. The van der Waals surface area contributed by atoms with Gasteiger partial charge < -0.3 is 4.43 Å². The van der Waals surface area contributed by atoms with Crippen molar-refractivity contribution in [2.45, 2.75) is 114 Å². The second kappa shape index (κ2) is 8.60. The van der Waals surface area contributed by atoms with Gasteiger partial charge >= 0.3 is 0 Å². The molecule has 0 aromatic rings. The van der Waals surface area contributed by atoms with Crippen molar-refractivity contribution in [1.29, 1.82) is 0 Å². The summed E-state index contributed by atoms with van der Waals surface area (Å²) >= 11 is 0. The third-order valence-corrected chi connectivity index (χ3v) is 21.1. The van der Waals surface area contributed by atoms with E-state index >= 15 is 0 Å². The van der Waals surface area contributed by atoms with Crippen LogP contribution in [0, 0.1) is 21.7 Å². The van der Waals surface area contributed by atoms with Gasteiger partial charge in [0.2, 0.25) is 0 Å². The molecule has 152 valence electrons. The van der Waals surface area contributed by atoms with Crippen molar-refractivity contribution in [2.24, 2.45) is 21.7 Å². The zero-order chi connectivity index (χ0) is 20.3. The van der Waals surface area contributed by atoms with Crippen LogP contribution in [0.1, 0.15) is 90.0 Å². The van der Waals surface area contributed by atoms with Crippen molar-refractivity contribution < 1.29 is 4.43 Å². The van der Waals surface area contributed by atoms with E-state index in [0.29, 0.717) is 21.7 Å². The first-order chi connectivity index (χ1) is 10.8. The number of hydrogen-bond acceptors (Lipinski definition) is 1. The molecule has 0 bridgehead atoms. The lowest BCUT2D eigenvalue weighted by molar-refractivity contribution is 0.294. The van der Waals surface area contributed by atoms with Gasteiger partial charge in [-0.2, -0.15) is 0 Å². The van der Waals surface area contributed by atoms with Gasteiger partial charge in [0, 0.05) is 6.61 Å². The van der Waals surface area contributed by atoms with E-state index in [0.717, 1.165) is 6.61 Å². The summed E-state index contributed by atoms with van der Waals surface area (Å²) in [6, 6.07) is 5.49. The minimum Gasteiger partial charge on any atom is -0.420 e. The number of hydrogen-bond donors (Lipinski definition) is 0. The van der Waals surface area contributed by atoms with Crippen LogP contribution < -0.4 is 0 Å². The zero-order valence-corrected chi connectivity index (χ0v) is 22.2. The maximum atomic E-state index is 6.94. The fourth-order valence-electron chi connectivity index (χ4n) is 4.58.